The fourth-order valence-corrected chi connectivity index (χ4v) is 2.80. The van der Waals surface area contributed by atoms with Crippen LogP contribution in [0.2, 0.25) is 5.02 Å². The highest BCUT2D eigenvalue weighted by Crippen LogP contribution is 2.26. The lowest BCUT2D eigenvalue weighted by molar-refractivity contribution is -0.387. The summed E-state index contributed by atoms with van der Waals surface area (Å²) in [5, 5.41) is 11.0. The summed E-state index contributed by atoms with van der Waals surface area (Å²) in [5.74, 6) is 0.394. The molecule has 0 aliphatic heterocycles. The van der Waals surface area contributed by atoms with Crippen LogP contribution < -0.4 is 4.72 Å². The molecule has 0 saturated carbocycles. The van der Waals surface area contributed by atoms with Gasteiger partial charge in [-0.25, -0.2) is 18.1 Å². The summed E-state index contributed by atoms with van der Waals surface area (Å²) in [6.07, 6.45) is 3.00. The number of halogens is 1. The van der Waals surface area contributed by atoms with E-state index < -0.39 is 25.5 Å². The van der Waals surface area contributed by atoms with E-state index in [0.717, 1.165) is 12.1 Å². The topological polar surface area (TPSA) is 118 Å². The van der Waals surface area contributed by atoms with Crippen LogP contribution in [-0.4, -0.2) is 23.3 Å². The smallest absolute Gasteiger partial charge is 0.290 e. The summed E-state index contributed by atoms with van der Waals surface area (Å²) in [5.41, 5.74) is -0.579. The van der Waals surface area contributed by atoms with Crippen LogP contribution in [-0.2, 0) is 16.6 Å². The number of nitro groups is 1. The standard InChI is InChI=1S/C10H9ClN4O4S/c11-7-1-2-9(8(5-7)15(16)17)20(18,19)14-6-10-12-3-4-13-10/h1-5,14H,6H2,(H,12,13). The summed E-state index contributed by atoms with van der Waals surface area (Å²) < 4.78 is 26.4. The number of aromatic amines is 1. The highest BCUT2D eigenvalue weighted by molar-refractivity contribution is 7.89. The van der Waals surface area contributed by atoms with Crippen LogP contribution in [0, 0.1) is 10.1 Å². The summed E-state index contributed by atoms with van der Waals surface area (Å²) >= 11 is 5.63. The number of rotatable bonds is 5. The average Bonchev–Trinajstić information content (AvgIpc) is 2.89. The number of nitrogens with zero attached hydrogens (tertiary/aromatic N) is 2. The molecule has 0 unspecified atom stereocenters. The van der Waals surface area contributed by atoms with Crippen molar-refractivity contribution in [3.63, 3.8) is 0 Å². The Kier molecular flexibility index (Phi) is 4.02. The molecular formula is C10H9ClN4O4S. The van der Waals surface area contributed by atoms with Crippen LogP contribution in [0.25, 0.3) is 0 Å². The Bertz CT molecular complexity index is 730. The van der Waals surface area contributed by atoms with E-state index in [2.05, 4.69) is 14.7 Å². The van der Waals surface area contributed by atoms with Crippen LogP contribution >= 0.6 is 11.6 Å². The van der Waals surface area contributed by atoms with Gasteiger partial charge in [-0.1, -0.05) is 11.6 Å². The summed E-state index contributed by atoms with van der Waals surface area (Å²) in [4.78, 5) is 16.2. The fraction of sp³-hybridized carbons (Fsp3) is 0.100. The molecule has 2 aromatic rings. The number of H-pyrrole nitrogens is 1. The number of hydrogen-bond acceptors (Lipinski definition) is 5. The maximum Gasteiger partial charge on any atom is 0.290 e. The molecule has 0 aliphatic carbocycles. The molecule has 0 fully saturated rings. The van der Waals surface area contributed by atoms with Gasteiger partial charge in [0, 0.05) is 23.5 Å². The third kappa shape index (κ3) is 3.13. The number of hydrogen-bond donors (Lipinski definition) is 2. The number of nitro benzene ring substituents is 1. The maximum atomic E-state index is 12.1. The molecule has 0 atom stereocenters. The molecular weight excluding hydrogens is 308 g/mol. The molecule has 10 heteroatoms. The van der Waals surface area contributed by atoms with Crippen molar-refractivity contribution in [1.82, 2.24) is 14.7 Å². The second kappa shape index (κ2) is 5.57. The summed E-state index contributed by atoms with van der Waals surface area (Å²) in [6.45, 7) is -0.102. The van der Waals surface area contributed by atoms with Gasteiger partial charge in [0.25, 0.3) is 5.69 Å². The zero-order valence-corrected chi connectivity index (χ0v) is 11.5. The Labute approximate surface area is 119 Å². The molecule has 0 spiro atoms. The van der Waals surface area contributed by atoms with Gasteiger partial charge in [-0.15, -0.1) is 0 Å². The first kappa shape index (κ1) is 14.4. The lowest BCUT2D eigenvalue weighted by Gasteiger charge is -2.06. The van der Waals surface area contributed by atoms with E-state index in [1.807, 2.05) is 0 Å². The van der Waals surface area contributed by atoms with E-state index in [1.165, 1.54) is 18.5 Å². The highest BCUT2D eigenvalue weighted by atomic mass is 35.5. The summed E-state index contributed by atoms with van der Waals surface area (Å²) in [6, 6.07) is 3.35. The molecule has 20 heavy (non-hydrogen) atoms. The molecule has 8 nitrogen and oxygen atoms in total. The Hall–Kier alpha value is -1.97. The minimum atomic E-state index is -4.04. The van der Waals surface area contributed by atoms with Crippen LogP contribution in [0.5, 0.6) is 0 Å². The van der Waals surface area contributed by atoms with Crippen molar-refractivity contribution < 1.29 is 13.3 Å². The largest absolute Gasteiger partial charge is 0.347 e. The Morgan fingerprint density at radius 2 is 2.20 bits per heavy atom. The molecule has 1 aromatic carbocycles. The van der Waals surface area contributed by atoms with Gasteiger partial charge in [0.05, 0.1) is 11.5 Å². The van der Waals surface area contributed by atoms with E-state index in [0.29, 0.717) is 5.82 Å². The van der Waals surface area contributed by atoms with Crippen LogP contribution in [0.3, 0.4) is 0 Å². The number of imidazole rings is 1. The number of benzene rings is 1. The normalized spacial score (nSPS) is 11.4. The first-order valence-corrected chi connectivity index (χ1v) is 7.18. The predicted molar refractivity (Wildman–Crippen MR) is 70.7 cm³/mol. The zero-order valence-electron chi connectivity index (χ0n) is 9.91. The summed E-state index contributed by atoms with van der Waals surface area (Å²) in [7, 11) is -4.04. The minimum absolute atomic E-state index is 0.0849. The number of sulfonamides is 1. The van der Waals surface area contributed by atoms with Gasteiger partial charge in [-0.3, -0.25) is 10.1 Å². The highest BCUT2D eigenvalue weighted by Gasteiger charge is 2.25. The van der Waals surface area contributed by atoms with E-state index >= 15 is 0 Å². The lowest BCUT2D eigenvalue weighted by atomic mass is 10.3. The molecule has 2 rings (SSSR count). The van der Waals surface area contributed by atoms with E-state index in [4.69, 9.17) is 11.6 Å². The number of nitrogens with one attached hydrogen (secondary N) is 2. The van der Waals surface area contributed by atoms with Crippen LogP contribution in [0.4, 0.5) is 5.69 Å². The van der Waals surface area contributed by atoms with Gasteiger partial charge in [0.1, 0.15) is 5.82 Å². The molecule has 1 aromatic heterocycles. The molecule has 0 saturated heterocycles. The van der Waals surface area contributed by atoms with Crippen molar-refractivity contribution in [2.75, 3.05) is 0 Å². The van der Waals surface area contributed by atoms with Gasteiger partial charge < -0.3 is 4.98 Å². The molecule has 2 N–H and O–H groups in total. The lowest BCUT2D eigenvalue weighted by Crippen LogP contribution is -2.24. The second-order valence-corrected chi connectivity index (χ2v) is 5.90. The SMILES string of the molecule is O=[N+]([O-])c1cc(Cl)ccc1S(=O)(=O)NCc1ncc[nH]1. The monoisotopic (exact) mass is 316 g/mol. The van der Waals surface area contributed by atoms with Crippen molar-refractivity contribution in [2.45, 2.75) is 11.4 Å². The third-order valence-corrected chi connectivity index (χ3v) is 4.08. The van der Waals surface area contributed by atoms with Crippen molar-refractivity contribution in [3.8, 4) is 0 Å². The Morgan fingerprint density at radius 1 is 1.45 bits per heavy atom. The minimum Gasteiger partial charge on any atom is -0.347 e. The maximum absolute atomic E-state index is 12.1. The molecule has 0 bridgehead atoms. The van der Waals surface area contributed by atoms with E-state index in [9.17, 15) is 18.5 Å². The van der Waals surface area contributed by atoms with E-state index in [-0.39, 0.29) is 11.6 Å². The Morgan fingerprint density at radius 3 is 2.80 bits per heavy atom. The third-order valence-electron chi connectivity index (χ3n) is 2.39. The number of aromatic nitrogens is 2. The second-order valence-electron chi connectivity index (χ2n) is 3.73. The van der Waals surface area contributed by atoms with Crippen LogP contribution in [0.1, 0.15) is 5.82 Å². The van der Waals surface area contributed by atoms with Crippen molar-refractivity contribution in [2.24, 2.45) is 0 Å². The Balaban J connectivity index is 2.31. The first-order chi connectivity index (χ1) is 9.40. The zero-order chi connectivity index (χ0) is 14.8. The van der Waals surface area contributed by atoms with Crippen molar-refractivity contribution in [1.29, 1.82) is 0 Å². The fourth-order valence-electron chi connectivity index (χ4n) is 1.50. The quantitative estimate of drug-likeness (QED) is 0.639. The van der Waals surface area contributed by atoms with Crippen molar-refractivity contribution >= 4 is 27.3 Å². The average molecular weight is 317 g/mol. The van der Waals surface area contributed by atoms with Gasteiger partial charge in [-0.2, -0.15) is 0 Å². The molecule has 0 radical (unpaired) electrons. The molecule has 0 amide bonds. The first-order valence-electron chi connectivity index (χ1n) is 5.32. The molecule has 0 aliphatic rings. The van der Waals surface area contributed by atoms with Gasteiger partial charge >= 0.3 is 0 Å². The molecule has 106 valence electrons. The predicted octanol–water partition coefficient (Wildman–Crippen LogP) is 1.45. The van der Waals surface area contributed by atoms with E-state index in [1.54, 1.807) is 0 Å². The van der Waals surface area contributed by atoms with Gasteiger partial charge in [-0.05, 0) is 12.1 Å². The van der Waals surface area contributed by atoms with Crippen LogP contribution in [0.15, 0.2) is 35.5 Å². The molecule has 1 heterocycles. The van der Waals surface area contributed by atoms with Gasteiger partial charge in [0.2, 0.25) is 10.0 Å². The van der Waals surface area contributed by atoms with Crippen molar-refractivity contribution in [3.05, 3.63) is 51.6 Å². The van der Waals surface area contributed by atoms with Gasteiger partial charge in [0.15, 0.2) is 4.90 Å².